The SMILES string of the molecule is Cc1ccc(NC(=O)CSc2ccccc2C(=O)N2CCC(C(=O)Nc3ccccc3)CC2)cc1. The second-order valence-corrected chi connectivity index (χ2v) is 9.64. The number of thioether (sulfide) groups is 1. The van der Waals surface area contributed by atoms with Crippen LogP contribution in [0.4, 0.5) is 11.4 Å². The van der Waals surface area contributed by atoms with E-state index in [1.165, 1.54) is 11.8 Å². The van der Waals surface area contributed by atoms with Gasteiger partial charge < -0.3 is 15.5 Å². The van der Waals surface area contributed by atoms with Crippen molar-refractivity contribution in [3.63, 3.8) is 0 Å². The molecule has 0 spiro atoms. The lowest BCUT2D eigenvalue weighted by Gasteiger charge is -2.31. The molecule has 1 heterocycles. The van der Waals surface area contributed by atoms with Crippen molar-refractivity contribution >= 4 is 40.9 Å². The Morgan fingerprint density at radius 1 is 0.829 bits per heavy atom. The average Bonchev–Trinajstić information content (AvgIpc) is 2.89. The number of carbonyl (C=O) groups is 3. The summed E-state index contributed by atoms with van der Waals surface area (Å²) in [5, 5.41) is 5.85. The molecule has 0 aromatic heterocycles. The molecule has 0 atom stereocenters. The molecular formula is C28H29N3O3S. The van der Waals surface area contributed by atoms with Gasteiger partial charge in [-0.15, -0.1) is 11.8 Å². The quantitative estimate of drug-likeness (QED) is 0.448. The Morgan fingerprint density at radius 2 is 1.46 bits per heavy atom. The third kappa shape index (κ3) is 6.73. The molecule has 0 unspecified atom stereocenters. The Hall–Kier alpha value is -3.58. The number of nitrogens with zero attached hydrogens (tertiary/aromatic N) is 1. The summed E-state index contributed by atoms with van der Waals surface area (Å²) in [5.41, 5.74) is 3.26. The van der Waals surface area contributed by atoms with Crippen LogP contribution in [0.5, 0.6) is 0 Å². The maximum absolute atomic E-state index is 13.3. The summed E-state index contributed by atoms with van der Waals surface area (Å²) in [5.74, 6) is -0.0895. The second-order valence-electron chi connectivity index (χ2n) is 8.62. The van der Waals surface area contributed by atoms with Crippen molar-refractivity contribution < 1.29 is 14.4 Å². The molecule has 0 bridgehead atoms. The van der Waals surface area contributed by atoms with E-state index in [1.54, 1.807) is 11.0 Å². The monoisotopic (exact) mass is 487 g/mol. The fraction of sp³-hybridized carbons (Fsp3) is 0.250. The molecule has 1 aliphatic rings. The van der Waals surface area contributed by atoms with E-state index in [4.69, 9.17) is 0 Å². The fourth-order valence-corrected chi connectivity index (χ4v) is 4.87. The highest BCUT2D eigenvalue weighted by Crippen LogP contribution is 2.27. The van der Waals surface area contributed by atoms with Gasteiger partial charge >= 0.3 is 0 Å². The van der Waals surface area contributed by atoms with Gasteiger partial charge in [-0.25, -0.2) is 0 Å². The molecule has 6 nitrogen and oxygen atoms in total. The van der Waals surface area contributed by atoms with Crippen molar-refractivity contribution in [2.45, 2.75) is 24.7 Å². The van der Waals surface area contributed by atoms with Crippen LogP contribution >= 0.6 is 11.8 Å². The number of hydrogen-bond acceptors (Lipinski definition) is 4. The molecular weight excluding hydrogens is 458 g/mol. The van der Waals surface area contributed by atoms with Crippen molar-refractivity contribution in [3.05, 3.63) is 90.0 Å². The number of carbonyl (C=O) groups excluding carboxylic acids is 3. The number of para-hydroxylation sites is 1. The molecule has 4 rings (SSSR count). The van der Waals surface area contributed by atoms with Crippen LogP contribution in [-0.2, 0) is 9.59 Å². The van der Waals surface area contributed by atoms with Crippen LogP contribution in [-0.4, -0.2) is 41.5 Å². The number of anilines is 2. The van der Waals surface area contributed by atoms with Crippen molar-refractivity contribution in [1.82, 2.24) is 4.90 Å². The first-order valence-corrected chi connectivity index (χ1v) is 12.7. The van der Waals surface area contributed by atoms with E-state index in [0.29, 0.717) is 31.5 Å². The van der Waals surface area contributed by atoms with Crippen LogP contribution in [0.1, 0.15) is 28.8 Å². The van der Waals surface area contributed by atoms with Crippen molar-refractivity contribution in [1.29, 1.82) is 0 Å². The summed E-state index contributed by atoms with van der Waals surface area (Å²) >= 11 is 1.35. The van der Waals surface area contributed by atoms with Gasteiger partial charge in [0, 0.05) is 35.3 Å². The summed E-state index contributed by atoms with van der Waals surface area (Å²) in [7, 11) is 0. The van der Waals surface area contributed by atoms with Crippen LogP contribution in [0.2, 0.25) is 0 Å². The highest BCUT2D eigenvalue weighted by molar-refractivity contribution is 8.00. The number of likely N-dealkylation sites (tertiary alicyclic amines) is 1. The summed E-state index contributed by atoms with van der Waals surface area (Å²) in [6.45, 7) is 3.05. The zero-order valence-corrected chi connectivity index (χ0v) is 20.5. The lowest BCUT2D eigenvalue weighted by Crippen LogP contribution is -2.41. The predicted molar refractivity (Wildman–Crippen MR) is 141 cm³/mol. The lowest BCUT2D eigenvalue weighted by molar-refractivity contribution is -0.121. The van der Waals surface area contributed by atoms with Crippen LogP contribution in [0.3, 0.4) is 0 Å². The van der Waals surface area contributed by atoms with Crippen molar-refractivity contribution in [3.8, 4) is 0 Å². The van der Waals surface area contributed by atoms with Crippen LogP contribution in [0.15, 0.2) is 83.8 Å². The molecule has 1 saturated heterocycles. The molecule has 3 aromatic rings. The Balaban J connectivity index is 1.31. The number of rotatable bonds is 7. The molecule has 0 saturated carbocycles. The number of hydrogen-bond donors (Lipinski definition) is 2. The van der Waals surface area contributed by atoms with E-state index >= 15 is 0 Å². The van der Waals surface area contributed by atoms with Crippen molar-refractivity contribution in [2.75, 3.05) is 29.5 Å². The first-order chi connectivity index (χ1) is 17.0. The highest BCUT2D eigenvalue weighted by Gasteiger charge is 2.28. The normalized spacial score (nSPS) is 13.8. The first kappa shape index (κ1) is 24.5. The number of piperidine rings is 1. The number of amides is 3. The Morgan fingerprint density at radius 3 is 2.17 bits per heavy atom. The van der Waals surface area contributed by atoms with Gasteiger partial charge in [0.25, 0.3) is 5.91 Å². The largest absolute Gasteiger partial charge is 0.339 e. The molecule has 35 heavy (non-hydrogen) atoms. The summed E-state index contributed by atoms with van der Waals surface area (Å²) in [6.07, 6.45) is 1.25. The zero-order valence-electron chi connectivity index (χ0n) is 19.7. The standard InChI is InChI=1S/C28H29N3O3S/c1-20-11-13-23(14-12-20)29-26(32)19-35-25-10-6-5-9-24(25)28(34)31-17-15-21(16-18-31)27(33)30-22-7-3-2-4-8-22/h2-14,21H,15-19H2,1H3,(H,29,32)(H,30,33). The number of benzene rings is 3. The van der Waals surface area contributed by atoms with Crippen LogP contribution < -0.4 is 10.6 Å². The molecule has 180 valence electrons. The van der Waals surface area contributed by atoms with Crippen LogP contribution in [0, 0.1) is 12.8 Å². The van der Waals surface area contributed by atoms with E-state index in [9.17, 15) is 14.4 Å². The van der Waals surface area contributed by atoms with E-state index in [2.05, 4.69) is 10.6 Å². The van der Waals surface area contributed by atoms with Gasteiger partial charge in [0.05, 0.1) is 11.3 Å². The maximum Gasteiger partial charge on any atom is 0.254 e. The third-order valence-corrected chi connectivity index (χ3v) is 7.08. The number of aryl methyl sites for hydroxylation is 1. The van der Waals surface area contributed by atoms with Gasteiger partial charge in [-0.3, -0.25) is 14.4 Å². The Kier molecular flexibility index (Phi) is 8.21. The highest BCUT2D eigenvalue weighted by atomic mass is 32.2. The summed E-state index contributed by atoms with van der Waals surface area (Å²) in [6, 6.07) is 24.4. The topological polar surface area (TPSA) is 78.5 Å². The first-order valence-electron chi connectivity index (χ1n) is 11.7. The van der Waals surface area contributed by atoms with Gasteiger partial charge in [0.1, 0.15) is 0 Å². The lowest BCUT2D eigenvalue weighted by atomic mass is 9.95. The van der Waals surface area contributed by atoms with E-state index in [-0.39, 0.29) is 29.4 Å². The Labute approximate surface area is 210 Å². The van der Waals surface area contributed by atoms with Crippen molar-refractivity contribution in [2.24, 2.45) is 5.92 Å². The minimum absolute atomic E-state index is 0.00107. The van der Waals surface area contributed by atoms with E-state index < -0.39 is 0 Å². The summed E-state index contributed by atoms with van der Waals surface area (Å²) < 4.78 is 0. The second kappa shape index (κ2) is 11.7. The van der Waals surface area contributed by atoms with Gasteiger partial charge in [-0.05, 0) is 56.2 Å². The predicted octanol–water partition coefficient (Wildman–Crippen LogP) is 5.22. The summed E-state index contributed by atoms with van der Waals surface area (Å²) in [4.78, 5) is 40.9. The Bertz CT molecular complexity index is 1170. The minimum atomic E-state index is -0.119. The molecule has 2 N–H and O–H groups in total. The smallest absolute Gasteiger partial charge is 0.254 e. The molecule has 0 aliphatic carbocycles. The zero-order chi connectivity index (χ0) is 24.6. The molecule has 3 aromatic carbocycles. The van der Waals surface area contributed by atoms with E-state index in [1.807, 2.05) is 79.7 Å². The number of nitrogens with one attached hydrogen (secondary N) is 2. The molecule has 3 amide bonds. The molecule has 1 fully saturated rings. The molecule has 0 radical (unpaired) electrons. The van der Waals surface area contributed by atoms with Gasteiger partial charge in [-0.2, -0.15) is 0 Å². The maximum atomic E-state index is 13.3. The molecule has 7 heteroatoms. The minimum Gasteiger partial charge on any atom is -0.339 e. The van der Waals surface area contributed by atoms with E-state index in [0.717, 1.165) is 21.8 Å². The van der Waals surface area contributed by atoms with Gasteiger partial charge in [0.15, 0.2) is 0 Å². The van der Waals surface area contributed by atoms with Crippen LogP contribution in [0.25, 0.3) is 0 Å². The molecule has 1 aliphatic heterocycles. The third-order valence-electron chi connectivity index (χ3n) is 6.01. The average molecular weight is 488 g/mol. The van der Waals surface area contributed by atoms with Gasteiger partial charge in [-0.1, -0.05) is 48.0 Å². The van der Waals surface area contributed by atoms with Gasteiger partial charge in [0.2, 0.25) is 11.8 Å². The fourth-order valence-electron chi connectivity index (χ4n) is 4.03.